The van der Waals surface area contributed by atoms with Crippen molar-refractivity contribution in [2.24, 2.45) is 0 Å². The molecule has 0 bridgehead atoms. The van der Waals surface area contributed by atoms with Gasteiger partial charge in [-0.25, -0.2) is 0 Å². The molecule has 0 aliphatic carbocycles. The van der Waals surface area contributed by atoms with E-state index >= 15 is 0 Å². The summed E-state index contributed by atoms with van der Waals surface area (Å²) in [5, 5.41) is 8.60. The van der Waals surface area contributed by atoms with Crippen LogP contribution in [-0.4, -0.2) is 27.8 Å². The van der Waals surface area contributed by atoms with E-state index in [9.17, 15) is 9.59 Å². The lowest BCUT2D eigenvalue weighted by atomic mass is 10.2. The highest BCUT2D eigenvalue weighted by molar-refractivity contribution is 7.99. The minimum Gasteiger partial charge on any atom is -0.459 e. The van der Waals surface area contributed by atoms with Crippen molar-refractivity contribution < 1.29 is 18.4 Å². The van der Waals surface area contributed by atoms with E-state index in [-0.39, 0.29) is 16.7 Å². The van der Waals surface area contributed by atoms with Crippen LogP contribution in [0.5, 0.6) is 0 Å². The number of rotatable bonds is 5. The van der Waals surface area contributed by atoms with Gasteiger partial charge < -0.3 is 8.83 Å². The van der Waals surface area contributed by atoms with Gasteiger partial charge in [0.1, 0.15) is 0 Å². The zero-order valence-corrected chi connectivity index (χ0v) is 14.1. The van der Waals surface area contributed by atoms with Gasteiger partial charge in [0.25, 0.3) is 5.22 Å². The van der Waals surface area contributed by atoms with Crippen molar-refractivity contribution in [3.8, 4) is 11.5 Å². The van der Waals surface area contributed by atoms with E-state index in [4.69, 9.17) is 20.4 Å². The van der Waals surface area contributed by atoms with E-state index in [1.165, 1.54) is 12.3 Å². The molecule has 0 saturated heterocycles. The Kier molecular flexibility index (Phi) is 5.36. The first-order valence-electron chi connectivity index (χ1n) is 6.97. The molecule has 0 radical (unpaired) electrons. The number of hydrogen-bond acceptors (Lipinski definition) is 7. The fourth-order valence-electron chi connectivity index (χ4n) is 1.74. The highest BCUT2D eigenvalue weighted by Gasteiger charge is 2.13. The third-order valence-corrected chi connectivity index (χ3v) is 3.96. The maximum absolute atomic E-state index is 11.7. The predicted molar refractivity (Wildman–Crippen MR) is 89.8 cm³/mol. The highest BCUT2D eigenvalue weighted by Crippen LogP contribution is 2.24. The summed E-state index contributed by atoms with van der Waals surface area (Å²) in [6, 6.07) is 9.97. The Balaban J connectivity index is 1.48. The summed E-state index contributed by atoms with van der Waals surface area (Å²) in [7, 11) is 0. The van der Waals surface area contributed by atoms with Gasteiger partial charge in [0.15, 0.2) is 5.76 Å². The molecular weight excluding hydrogens is 368 g/mol. The van der Waals surface area contributed by atoms with Gasteiger partial charge in [-0.1, -0.05) is 23.4 Å². The summed E-state index contributed by atoms with van der Waals surface area (Å²) < 4.78 is 10.4. The first kappa shape index (κ1) is 17.1. The summed E-state index contributed by atoms with van der Waals surface area (Å²) in [5.41, 5.74) is 5.22. The second kappa shape index (κ2) is 7.86. The molecule has 0 atom stereocenters. The molecule has 1 aromatic carbocycles. The molecule has 128 valence electrons. The molecule has 0 aliphatic heterocycles. The Bertz CT molecular complexity index is 864. The average Bonchev–Trinajstić information content (AvgIpc) is 3.30. The summed E-state index contributed by atoms with van der Waals surface area (Å²) in [6.07, 6.45) is 1.36. The van der Waals surface area contributed by atoms with E-state index < -0.39 is 11.8 Å². The summed E-state index contributed by atoms with van der Waals surface area (Å²) in [4.78, 5) is 23.3. The highest BCUT2D eigenvalue weighted by atomic mass is 35.5. The molecule has 0 spiro atoms. The molecule has 0 fully saturated rings. The van der Waals surface area contributed by atoms with Crippen LogP contribution in [0.4, 0.5) is 0 Å². The zero-order chi connectivity index (χ0) is 17.6. The molecule has 3 rings (SSSR count). The Morgan fingerprint density at radius 2 is 1.92 bits per heavy atom. The molecule has 10 heteroatoms. The van der Waals surface area contributed by atoms with Crippen LogP contribution in [0.25, 0.3) is 11.5 Å². The number of furan rings is 1. The van der Waals surface area contributed by atoms with Crippen LogP contribution >= 0.6 is 23.4 Å². The van der Waals surface area contributed by atoms with Crippen molar-refractivity contribution in [2.45, 2.75) is 5.22 Å². The second-order valence-electron chi connectivity index (χ2n) is 4.65. The Labute approximate surface area is 150 Å². The number of nitrogens with zero attached hydrogens (tertiary/aromatic N) is 2. The molecule has 2 aromatic heterocycles. The molecule has 3 aromatic rings. The van der Waals surface area contributed by atoms with Gasteiger partial charge in [0, 0.05) is 10.6 Å². The van der Waals surface area contributed by atoms with Crippen molar-refractivity contribution in [1.82, 2.24) is 21.0 Å². The van der Waals surface area contributed by atoms with Gasteiger partial charge in [-0.2, -0.15) is 0 Å². The van der Waals surface area contributed by atoms with E-state index in [1.54, 1.807) is 30.3 Å². The maximum Gasteiger partial charge on any atom is 0.305 e. The topological polar surface area (TPSA) is 110 Å². The number of benzene rings is 1. The van der Waals surface area contributed by atoms with Crippen LogP contribution in [0.3, 0.4) is 0 Å². The first-order chi connectivity index (χ1) is 12.1. The average molecular weight is 379 g/mol. The van der Waals surface area contributed by atoms with Gasteiger partial charge >= 0.3 is 5.91 Å². The van der Waals surface area contributed by atoms with Crippen molar-refractivity contribution in [2.75, 3.05) is 5.75 Å². The number of hydrogen-bond donors (Lipinski definition) is 2. The van der Waals surface area contributed by atoms with Crippen LogP contribution in [0.2, 0.25) is 5.02 Å². The predicted octanol–water partition coefficient (Wildman–Crippen LogP) is 2.54. The molecule has 0 saturated carbocycles. The second-order valence-corrected chi connectivity index (χ2v) is 6.01. The number of hydrazine groups is 1. The zero-order valence-electron chi connectivity index (χ0n) is 12.6. The van der Waals surface area contributed by atoms with Crippen LogP contribution in [0.15, 0.2) is 56.7 Å². The van der Waals surface area contributed by atoms with Crippen molar-refractivity contribution in [1.29, 1.82) is 0 Å². The van der Waals surface area contributed by atoms with Gasteiger partial charge in [0.05, 0.1) is 12.0 Å². The lowest BCUT2D eigenvalue weighted by Crippen LogP contribution is -2.42. The van der Waals surface area contributed by atoms with E-state index in [0.29, 0.717) is 10.9 Å². The Morgan fingerprint density at radius 3 is 2.64 bits per heavy atom. The van der Waals surface area contributed by atoms with Crippen LogP contribution in [0.1, 0.15) is 10.6 Å². The van der Waals surface area contributed by atoms with Gasteiger partial charge in [-0.3, -0.25) is 20.4 Å². The van der Waals surface area contributed by atoms with E-state index in [2.05, 4.69) is 21.0 Å². The summed E-state index contributed by atoms with van der Waals surface area (Å²) >= 11 is 6.87. The van der Waals surface area contributed by atoms with Crippen LogP contribution < -0.4 is 10.9 Å². The monoisotopic (exact) mass is 378 g/mol. The van der Waals surface area contributed by atoms with Crippen molar-refractivity contribution in [3.05, 3.63) is 53.4 Å². The van der Waals surface area contributed by atoms with Crippen molar-refractivity contribution in [3.63, 3.8) is 0 Å². The molecule has 2 amide bonds. The first-order valence-corrected chi connectivity index (χ1v) is 8.33. The number of carbonyl (C=O) groups is 2. The molecule has 2 heterocycles. The smallest absolute Gasteiger partial charge is 0.305 e. The maximum atomic E-state index is 11.7. The van der Waals surface area contributed by atoms with Crippen molar-refractivity contribution >= 4 is 35.2 Å². The Morgan fingerprint density at radius 1 is 1.12 bits per heavy atom. The van der Waals surface area contributed by atoms with E-state index in [1.807, 2.05) is 0 Å². The van der Waals surface area contributed by atoms with Gasteiger partial charge in [-0.15, -0.1) is 10.2 Å². The molecule has 25 heavy (non-hydrogen) atoms. The molecule has 2 N–H and O–H groups in total. The fraction of sp³-hybridized carbons (Fsp3) is 0.0667. The summed E-state index contributed by atoms with van der Waals surface area (Å²) in [6.45, 7) is 0. The lowest BCUT2D eigenvalue weighted by molar-refractivity contribution is -0.119. The van der Waals surface area contributed by atoms with Gasteiger partial charge in [0.2, 0.25) is 11.8 Å². The number of nitrogens with one attached hydrogen (secondary N) is 2. The van der Waals surface area contributed by atoms with E-state index in [0.717, 1.165) is 17.3 Å². The van der Waals surface area contributed by atoms with Crippen LogP contribution in [-0.2, 0) is 4.79 Å². The number of halogens is 1. The number of thioether (sulfide) groups is 1. The summed E-state index contributed by atoms with van der Waals surface area (Å²) in [5.74, 6) is -0.578. The molecule has 0 aliphatic rings. The SMILES string of the molecule is O=C(CSc1nnc(-c2ccc(Cl)cc2)o1)NNC(=O)c1ccco1. The number of amides is 2. The fourth-order valence-corrected chi connectivity index (χ4v) is 2.43. The third-order valence-electron chi connectivity index (χ3n) is 2.88. The molecular formula is C15H11ClN4O4S. The largest absolute Gasteiger partial charge is 0.459 e. The quantitative estimate of drug-likeness (QED) is 0.518. The Hall–Kier alpha value is -2.78. The number of carbonyl (C=O) groups excluding carboxylic acids is 2. The third kappa shape index (κ3) is 4.61. The minimum atomic E-state index is -0.550. The normalized spacial score (nSPS) is 10.4. The van der Waals surface area contributed by atoms with Crippen LogP contribution in [0, 0.1) is 0 Å². The minimum absolute atomic E-state index is 0.0132. The lowest BCUT2D eigenvalue weighted by Gasteiger charge is -2.04. The number of aromatic nitrogens is 2. The standard InChI is InChI=1S/C15H11ClN4O4S/c16-10-5-3-9(4-6-10)14-19-20-15(24-14)25-8-12(21)17-18-13(22)11-2-1-7-23-11/h1-7H,8H2,(H,17,21)(H,18,22). The molecule has 0 unspecified atom stereocenters. The van der Waals surface area contributed by atoms with Gasteiger partial charge in [-0.05, 0) is 36.4 Å². The molecule has 8 nitrogen and oxygen atoms in total.